The molecular weight excluding hydrogens is 774 g/mol. The molecule has 0 amide bonds. The third-order valence-electron chi connectivity index (χ3n) is 11.3. The summed E-state index contributed by atoms with van der Waals surface area (Å²) in [4.78, 5) is 39.7. The molecule has 0 bridgehead atoms. The van der Waals surface area contributed by atoms with Crippen LogP contribution in [0.5, 0.6) is 17.2 Å². The minimum atomic E-state index is -2.24. The lowest BCUT2D eigenvalue weighted by Crippen LogP contribution is -2.53. The summed E-state index contributed by atoms with van der Waals surface area (Å²) in [6.45, 7) is 2.85. The molecule has 320 valence electrons. The smallest absolute Gasteiger partial charge is 0.202 e. The topological polar surface area (TPSA) is 206 Å². The monoisotopic (exact) mass is 837 g/mol. The molecule has 1 fully saturated rings. The van der Waals surface area contributed by atoms with E-state index in [1.54, 1.807) is 6.92 Å². The molecule has 7 N–H and O–H groups in total. The number of nitrogens with two attached hydrogens (primary N) is 1. The molecule has 2 aromatic carbocycles. The number of hydrogen-bond donors (Lipinski definition) is 7. The second-order valence-electron chi connectivity index (χ2n) is 15.5. The summed E-state index contributed by atoms with van der Waals surface area (Å²) < 4.78 is 17.0. The lowest BCUT2D eigenvalue weighted by Gasteiger charge is -2.42. The van der Waals surface area contributed by atoms with E-state index in [4.69, 9.17) is 19.9 Å². The molecule has 3 aliphatic rings. The third kappa shape index (κ3) is 11.7. The predicted molar refractivity (Wildman–Crippen MR) is 223 cm³/mol. The quantitative estimate of drug-likeness (QED) is 0.0377. The van der Waals surface area contributed by atoms with E-state index in [9.17, 15) is 39.9 Å². The van der Waals surface area contributed by atoms with Crippen molar-refractivity contribution in [2.45, 2.75) is 159 Å². The van der Waals surface area contributed by atoms with Crippen molar-refractivity contribution < 1.29 is 54.1 Å². The fourth-order valence-electron chi connectivity index (χ4n) is 8.06. The number of aliphatic hydroxyl groups excluding tert-OH is 2. The van der Waals surface area contributed by atoms with Crippen molar-refractivity contribution in [1.82, 2.24) is 0 Å². The van der Waals surface area contributed by atoms with Crippen LogP contribution in [0, 0.1) is 0 Å². The van der Waals surface area contributed by atoms with Gasteiger partial charge in [-0.15, -0.1) is 12.4 Å². The van der Waals surface area contributed by atoms with Gasteiger partial charge in [0.1, 0.15) is 29.5 Å². The minimum absolute atomic E-state index is 0. The summed E-state index contributed by atoms with van der Waals surface area (Å²) in [6.07, 6.45) is 15.0. The molecule has 0 radical (unpaired) electrons. The fraction of sp³-hybridized carbons (Fsp3) is 0.651. The van der Waals surface area contributed by atoms with E-state index in [-0.39, 0.29) is 46.8 Å². The van der Waals surface area contributed by atoms with Gasteiger partial charge in [-0.3, -0.25) is 14.4 Å². The number of ether oxygens (including phenoxy) is 3. The highest BCUT2D eigenvalue weighted by atomic mass is 35.5. The van der Waals surface area contributed by atoms with Gasteiger partial charge < -0.3 is 45.5 Å². The molecule has 1 saturated heterocycles. The van der Waals surface area contributed by atoms with Gasteiger partial charge in [0.05, 0.1) is 42.1 Å². The van der Waals surface area contributed by atoms with Crippen LogP contribution in [0.25, 0.3) is 0 Å². The zero-order valence-corrected chi connectivity index (χ0v) is 35.4. The van der Waals surface area contributed by atoms with Crippen LogP contribution in [-0.2, 0) is 20.7 Å². The summed E-state index contributed by atoms with van der Waals surface area (Å²) in [6, 6.07) is 3.64. The van der Waals surface area contributed by atoms with E-state index < -0.39 is 95.7 Å². The highest BCUT2D eigenvalue weighted by Gasteiger charge is 2.50. The highest BCUT2D eigenvalue weighted by Crippen LogP contribution is 2.52. The molecule has 1 aliphatic heterocycles. The average Bonchev–Trinajstić information content (AvgIpc) is 3.18. The Morgan fingerprint density at radius 1 is 0.912 bits per heavy atom. The molecule has 1 heterocycles. The van der Waals surface area contributed by atoms with Crippen LogP contribution in [0.2, 0.25) is 0 Å². The fourth-order valence-corrected chi connectivity index (χ4v) is 8.28. The average molecular weight is 839 g/mol. The number of unbranched alkanes of at least 4 members (excludes halogenated alkanes) is 13. The first kappa shape index (κ1) is 48.6. The Hall–Kier alpha value is -2.75. The first-order valence-corrected chi connectivity index (χ1v) is 21.1. The Labute approximate surface area is 348 Å². The molecule has 2 aliphatic carbocycles. The van der Waals surface area contributed by atoms with Crippen LogP contribution >= 0.6 is 25.0 Å². The minimum Gasteiger partial charge on any atom is -0.507 e. The molecular formula is C43H64ClNO11S. The maximum Gasteiger partial charge on any atom is 0.202 e. The Balaban J connectivity index is 0.000000411. The number of carbonyl (C=O) groups excluding carboxylic acids is 3. The van der Waals surface area contributed by atoms with Crippen LogP contribution < -0.4 is 10.5 Å². The van der Waals surface area contributed by atoms with E-state index in [2.05, 4.69) is 19.6 Å². The summed E-state index contributed by atoms with van der Waals surface area (Å²) in [5, 5.41) is 53.7. The van der Waals surface area contributed by atoms with Crippen molar-refractivity contribution >= 4 is 42.4 Å². The molecule has 5 rings (SSSR count). The van der Waals surface area contributed by atoms with Gasteiger partial charge in [0.25, 0.3) is 0 Å². The number of aliphatic hydroxyl groups is 3. The Kier molecular flexibility index (Phi) is 19.7. The van der Waals surface area contributed by atoms with Gasteiger partial charge in [0, 0.05) is 42.0 Å². The summed E-state index contributed by atoms with van der Waals surface area (Å²) >= 11 is 4.23. The van der Waals surface area contributed by atoms with E-state index in [1.807, 2.05) is 0 Å². The van der Waals surface area contributed by atoms with Crippen molar-refractivity contribution in [1.29, 1.82) is 0 Å². The number of phenolic OH excluding ortho intramolecular Hbond substituents is 2. The maximum absolute atomic E-state index is 13.6. The number of Topliss-reactive ketones (excluding diaryl/α,β-unsaturated/α-hetero) is 1. The van der Waals surface area contributed by atoms with Gasteiger partial charge >= 0.3 is 0 Å². The van der Waals surface area contributed by atoms with Crippen molar-refractivity contribution in [3.05, 3.63) is 51.6 Å². The molecule has 57 heavy (non-hydrogen) atoms. The SMILES string of the molecule is CCCCCCCCCCCCCCCCS.COc1cccc2c1C(=O)c1c(O)c3c(c(O)c1C2=O)C[C@@](O)(C(=O)CO)C[C@@H]3O[C@H]1C[C@H](N)[C@H](O)[C@H](C)O1.Cl. The molecule has 0 saturated carbocycles. The summed E-state index contributed by atoms with van der Waals surface area (Å²) in [5.41, 5.74) is 2.37. The molecule has 0 aromatic heterocycles. The van der Waals surface area contributed by atoms with Crippen molar-refractivity contribution in [2.75, 3.05) is 19.5 Å². The first-order valence-electron chi connectivity index (χ1n) is 20.4. The number of benzene rings is 2. The molecule has 6 atom stereocenters. The van der Waals surface area contributed by atoms with Gasteiger partial charge in [-0.25, -0.2) is 0 Å². The van der Waals surface area contributed by atoms with Gasteiger partial charge in [-0.05, 0) is 25.2 Å². The first-order chi connectivity index (χ1) is 26.8. The Morgan fingerprint density at radius 2 is 1.47 bits per heavy atom. The molecule has 0 spiro atoms. The predicted octanol–water partition coefficient (Wildman–Crippen LogP) is 6.82. The number of fused-ring (bicyclic) bond motifs is 3. The van der Waals surface area contributed by atoms with Crippen LogP contribution in [-0.4, -0.2) is 92.5 Å². The number of aromatic hydroxyl groups is 2. The van der Waals surface area contributed by atoms with Gasteiger partial charge in [0.2, 0.25) is 5.78 Å². The number of thiol groups is 1. The summed E-state index contributed by atoms with van der Waals surface area (Å²) in [7, 11) is 1.32. The number of halogens is 1. The zero-order chi connectivity index (χ0) is 41.0. The van der Waals surface area contributed by atoms with Crippen LogP contribution in [0.3, 0.4) is 0 Å². The van der Waals surface area contributed by atoms with Crippen LogP contribution in [0.4, 0.5) is 0 Å². The lowest BCUT2D eigenvalue weighted by atomic mass is 9.72. The second kappa shape index (κ2) is 23.1. The van der Waals surface area contributed by atoms with Gasteiger partial charge in [0.15, 0.2) is 17.9 Å². The van der Waals surface area contributed by atoms with E-state index >= 15 is 0 Å². The number of carbonyl (C=O) groups is 3. The highest BCUT2D eigenvalue weighted by molar-refractivity contribution is 7.80. The van der Waals surface area contributed by atoms with E-state index in [1.165, 1.54) is 115 Å². The Bertz CT molecular complexity index is 1630. The number of rotatable bonds is 19. The number of methoxy groups -OCH3 is 1. The molecule has 0 unspecified atom stereocenters. The van der Waals surface area contributed by atoms with Gasteiger partial charge in [-0.1, -0.05) is 103 Å². The normalized spacial score (nSPS) is 23.7. The van der Waals surface area contributed by atoms with E-state index in [0.29, 0.717) is 0 Å². The number of hydrogen-bond acceptors (Lipinski definition) is 13. The van der Waals surface area contributed by atoms with Gasteiger partial charge in [-0.2, -0.15) is 12.6 Å². The number of phenols is 2. The standard InChI is InChI=1S/C27H29NO11.C16H34S.ClH/c1-10-22(31)13(28)6-17(38-10)39-15-8-27(36,16(30)9-29)7-12-19(15)26(35)21-20(24(12)33)23(32)11-4-3-5-14(37-2)18(11)25(21)34;1-2-3-4-5-6-7-8-9-10-11-12-13-14-15-16-17;/h3-5,10,13,15,17,22,29,31,33,35-36H,6-9,28H2,1-2H3;17H,2-16H2,1H3;1H/t10-,13-,15-,17-,22+,27-;;/m0../s1. The third-order valence-corrected chi connectivity index (χ3v) is 11.6. The summed E-state index contributed by atoms with van der Waals surface area (Å²) in [5.74, 6) is -2.71. The van der Waals surface area contributed by atoms with Crippen LogP contribution in [0.1, 0.15) is 166 Å². The molecule has 2 aromatic rings. The zero-order valence-electron chi connectivity index (χ0n) is 33.7. The van der Waals surface area contributed by atoms with Crippen molar-refractivity contribution in [3.8, 4) is 17.2 Å². The molecule has 12 nitrogen and oxygen atoms in total. The lowest BCUT2D eigenvalue weighted by molar-refractivity contribution is -0.247. The van der Waals surface area contributed by atoms with Crippen molar-refractivity contribution in [3.63, 3.8) is 0 Å². The van der Waals surface area contributed by atoms with E-state index in [0.717, 1.165) is 5.75 Å². The molecule has 14 heteroatoms. The van der Waals surface area contributed by atoms with Crippen LogP contribution in [0.15, 0.2) is 18.2 Å². The maximum atomic E-state index is 13.6. The van der Waals surface area contributed by atoms with Crippen molar-refractivity contribution in [2.24, 2.45) is 5.73 Å². The largest absolute Gasteiger partial charge is 0.507 e. The number of ketones is 3. The second-order valence-corrected chi connectivity index (χ2v) is 15.9. The Morgan fingerprint density at radius 3 is 2.00 bits per heavy atom.